The van der Waals surface area contributed by atoms with Crippen molar-refractivity contribution in [3.63, 3.8) is 0 Å². The molecule has 1 aromatic heterocycles. The molecule has 4 aliphatic rings. The quantitative estimate of drug-likeness (QED) is 0.284. The zero-order chi connectivity index (χ0) is 29.7. The van der Waals surface area contributed by atoms with Crippen molar-refractivity contribution in [1.29, 1.82) is 0 Å². The van der Waals surface area contributed by atoms with Crippen LogP contribution in [0.15, 0.2) is 48.7 Å². The lowest BCUT2D eigenvalue weighted by atomic mass is 9.82. The number of nitrogens with zero attached hydrogens (tertiary/aromatic N) is 2. The molecule has 1 spiro atoms. The second kappa shape index (κ2) is 12.2. The number of pyridine rings is 1. The maximum Gasteiger partial charge on any atom is 0.306 e. The van der Waals surface area contributed by atoms with Crippen LogP contribution in [-0.4, -0.2) is 46.3 Å². The summed E-state index contributed by atoms with van der Waals surface area (Å²) in [7, 11) is 0. The van der Waals surface area contributed by atoms with E-state index < -0.39 is 11.9 Å². The molecule has 0 amide bonds. The predicted molar refractivity (Wildman–Crippen MR) is 169 cm³/mol. The molecule has 1 saturated carbocycles. The Kier molecular flexibility index (Phi) is 8.55. The van der Waals surface area contributed by atoms with E-state index in [2.05, 4.69) is 40.2 Å². The largest absolute Gasteiger partial charge is 0.485 e. The average Bonchev–Trinajstić information content (AvgIpc) is 3.60. The monoisotopic (exact) mass is 600 g/mol. The summed E-state index contributed by atoms with van der Waals surface area (Å²) in [5, 5.41) is 9.78. The first-order chi connectivity index (χ1) is 20.8. The molecule has 2 saturated heterocycles. The van der Waals surface area contributed by atoms with Gasteiger partial charge < -0.3 is 14.6 Å². The summed E-state index contributed by atoms with van der Waals surface area (Å²) < 4.78 is 28.0. The first-order valence-electron chi connectivity index (χ1n) is 15.9. The number of ether oxygens (including phenoxy) is 2. The molecule has 44 heavy (non-hydrogen) atoms. The fourth-order valence-electron chi connectivity index (χ4n) is 7.74. The number of carboxylic acids is 1. The topological polar surface area (TPSA) is 71.9 Å². The third-order valence-corrected chi connectivity index (χ3v) is 10.2. The number of carbonyl (C=O) groups is 1. The number of halogens is 1. The van der Waals surface area contributed by atoms with Gasteiger partial charge in [-0.25, -0.2) is 4.39 Å². The van der Waals surface area contributed by atoms with Gasteiger partial charge in [-0.2, -0.15) is 0 Å². The number of carboxylic acid groups (broad SMARTS) is 1. The summed E-state index contributed by atoms with van der Waals surface area (Å²) in [4.78, 5) is 18.5. The van der Waals surface area contributed by atoms with Crippen LogP contribution in [0.3, 0.4) is 0 Å². The SMILES string of the molecule is C.Cc1cc(-c2ccc(C3CCc4ccc([C@H](C5CC5)[C@H](C)C(=O)O)cc4O3)cc2CN2CCC3(CCCO3)C2)c(F)cn1. The Morgan fingerprint density at radius 2 is 1.98 bits per heavy atom. The normalized spacial score (nSPS) is 24.4. The standard InChI is InChI=1S/C36H41FN2O4.CH4/c1-22-16-30(31(37)19-38-22)29-10-8-26(17-28(29)20-39-14-13-36(21-39)12-3-15-42-36)32-11-9-24-4-7-27(18-33(24)43-32)34(25-5-6-25)23(2)35(40)41;/h4,7-8,10,16-19,23,25,32,34H,3,5-6,9,11-15,20-21H2,1-2H3,(H,40,41);1H4/t23-,32?,34-,36?;/m0./s1. The Morgan fingerprint density at radius 1 is 1.14 bits per heavy atom. The Morgan fingerprint density at radius 3 is 2.73 bits per heavy atom. The van der Waals surface area contributed by atoms with Crippen LogP contribution in [0.25, 0.3) is 11.1 Å². The van der Waals surface area contributed by atoms with Gasteiger partial charge in [-0.05, 0) is 104 Å². The molecule has 4 heterocycles. The number of hydrogen-bond acceptors (Lipinski definition) is 5. The lowest BCUT2D eigenvalue weighted by Gasteiger charge is -2.29. The third-order valence-electron chi connectivity index (χ3n) is 10.2. The highest BCUT2D eigenvalue weighted by molar-refractivity contribution is 5.71. The summed E-state index contributed by atoms with van der Waals surface area (Å²) in [6.45, 7) is 7.15. The first kappa shape index (κ1) is 30.7. The Balaban J connectivity index is 0.00000343. The second-order valence-corrected chi connectivity index (χ2v) is 13.3. The Labute approximate surface area is 260 Å². The number of benzene rings is 2. The molecule has 7 rings (SSSR count). The number of fused-ring (bicyclic) bond motifs is 1. The Bertz CT molecular complexity index is 1530. The predicted octanol–water partition coefficient (Wildman–Crippen LogP) is 7.87. The minimum atomic E-state index is -0.745. The van der Waals surface area contributed by atoms with Gasteiger partial charge in [0, 0.05) is 37.5 Å². The molecule has 4 atom stereocenters. The van der Waals surface area contributed by atoms with E-state index in [1.165, 1.54) is 11.8 Å². The van der Waals surface area contributed by atoms with Crippen molar-refractivity contribution in [2.24, 2.45) is 11.8 Å². The van der Waals surface area contributed by atoms with Crippen molar-refractivity contribution in [2.75, 3.05) is 19.7 Å². The van der Waals surface area contributed by atoms with Gasteiger partial charge in [-0.15, -0.1) is 0 Å². The highest BCUT2D eigenvalue weighted by Crippen LogP contribution is 2.48. The van der Waals surface area contributed by atoms with Crippen LogP contribution in [-0.2, 0) is 22.5 Å². The number of aromatic nitrogens is 1. The van der Waals surface area contributed by atoms with Crippen LogP contribution in [0.5, 0.6) is 5.75 Å². The van der Waals surface area contributed by atoms with Gasteiger partial charge in [0.25, 0.3) is 0 Å². The minimum absolute atomic E-state index is 0. The van der Waals surface area contributed by atoms with Crippen molar-refractivity contribution in [1.82, 2.24) is 9.88 Å². The van der Waals surface area contributed by atoms with Gasteiger partial charge in [0.15, 0.2) is 0 Å². The molecular weight excluding hydrogens is 555 g/mol. The minimum Gasteiger partial charge on any atom is -0.485 e. The summed E-state index contributed by atoms with van der Waals surface area (Å²) in [6, 6.07) is 14.5. The van der Waals surface area contributed by atoms with Crippen molar-refractivity contribution >= 4 is 5.97 Å². The van der Waals surface area contributed by atoms with Gasteiger partial charge in [0.1, 0.15) is 17.7 Å². The van der Waals surface area contributed by atoms with Crippen molar-refractivity contribution < 1.29 is 23.8 Å². The zero-order valence-electron chi connectivity index (χ0n) is 25.2. The second-order valence-electron chi connectivity index (χ2n) is 13.3. The molecule has 2 unspecified atom stereocenters. The summed E-state index contributed by atoms with van der Waals surface area (Å²) >= 11 is 0. The van der Waals surface area contributed by atoms with Gasteiger partial charge in [0.2, 0.25) is 0 Å². The summed E-state index contributed by atoms with van der Waals surface area (Å²) in [5.41, 5.74) is 6.65. The number of hydrogen-bond donors (Lipinski definition) is 1. The fourth-order valence-corrected chi connectivity index (χ4v) is 7.74. The summed E-state index contributed by atoms with van der Waals surface area (Å²) in [5.74, 6) is -0.202. The van der Waals surface area contributed by atoms with Gasteiger partial charge >= 0.3 is 5.97 Å². The number of rotatable bonds is 8. The van der Waals surface area contributed by atoms with Gasteiger partial charge in [-0.3, -0.25) is 14.7 Å². The van der Waals surface area contributed by atoms with Crippen LogP contribution < -0.4 is 4.74 Å². The molecule has 234 valence electrons. The van der Waals surface area contributed by atoms with Crippen LogP contribution in [0, 0.1) is 24.6 Å². The van der Waals surface area contributed by atoms with E-state index >= 15 is 4.39 Å². The Hall–Kier alpha value is -3.29. The lowest BCUT2D eigenvalue weighted by Crippen LogP contribution is -2.32. The highest BCUT2D eigenvalue weighted by atomic mass is 19.1. The third kappa shape index (κ3) is 6.01. The van der Waals surface area contributed by atoms with E-state index in [1.54, 1.807) is 0 Å². The van der Waals surface area contributed by atoms with Gasteiger partial charge in [-0.1, -0.05) is 44.7 Å². The van der Waals surface area contributed by atoms with Crippen LogP contribution in [0.2, 0.25) is 0 Å². The van der Waals surface area contributed by atoms with Crippen LogP contribution in [0.4, 0.5) is 4.39 Å². The van der Waals surface area contributed by atoms with Crippen LogP contribution in [0.1, 0.15) is 92.8 Å². The number of aryl methyl sites for hydroxylation is 2. The maximum absolute atomic E-state index is 15.1. The van der Waals surface area contributed by atoms with E-state index in [9.17, 15) is 9.90 Å². The molecule has 0 radical (unpaired) electrons. The molecule has 1 aliphatic carbocycles. The molecule has 6 nitrogen and oxygen atoms in total. The lowest BCUT2D eigenvalue weighted by molar-refractivity contribution is -0.142. The molecule has 3 fully saturated rings. The molecular formula is C37H45FN2O4. The molecule has 7 heteroatoms. The zero-order valence-corrected chi connectivity index (χ0v) is 25.2. The number of likely N-dealkylation sites (tertiary alicyclic amines) is 1. The van der Waals surface area contributed by atoms with Crippen molar-refractivity contribution in [2.45, 2.75) is 90.4 Å². The van der Waals surface area contributed by atoms with Crippen molar-refractivity contribution in [3.8, 4) is 16.9 Å². The maximum atomic E-state index is 15.1. The van der Waals surface area contributed by atoms with Crippen LogP contribution >= 0.6 is 0 Å². The van der Waals surface area contributed by atoms with E-state index in [0.29, 0.717) is 11.5 Å². The van der Waals surface area contributed by atoms with E-state index in [0.717, 1.165) is 105 Å². The number of aliphatic carboxylic acids is 1. The molecule has 2 aromatic carbocycles. The van der Waals surface area contributed by atoms with E-state index in [4.69, 9.17) is 9.47 Å². The fraction of sp³-hybridized carbons (Fsp3) is 0.514. The summed E-state index contributed by atoms with van der Waals surface area (Å²) in [6.07, 6.45) is 8.37. The van der Waals surface area contributed by atoms with E-state index in [1.807, 2.05) is 26.0 Å². The average molecular weight is 601 g/mol. The smallest absolute Gasteiger partial charge is 0.306 e. The van der Waals surface area contributed by atoms with Gasteiger partial charge in [0.05, 0.1) is 17.7 Å². The van der Waals surface area contributed by atoms with E-state index in [-0.39, 0.29) is 30.9 Å². The van der Waals surface area contributed by atoms with Crippen molar-refractivity contribution in [3.05, 3.63) is 82.4 Å². The molecule has 3 aliphatic heterocycles. The first-order valence-corrected chi connectivity index (χ1v) is 15.9. The highest BCUT2D eigenvalue weighted by Gasteiger charge is 2.42. The molecule has 1 N–H and O–H groups in total. The molecule has 3 aromatic rings. The molecule has 0 bridgehead atoms.